The number of halogens is 2. The molecule has 1 aliphatic heterocycles. The van der Waals surface area contributed by atoms with Crippen LogP contribution in [0.25, 0.3) is 0 Å². The van der Waals surface area contributed by atoms with E-state index in [0.29, 0.717) is 11.8 Å². The zero-order chi connectivity index (χ0) is 29.3. The molecule has 0 unspecified atom stereocenters. The summed E-state index contributed by atoms with van der Waals surface area (Å²) in [6.07, 6.45) is 6.40. The fraction of sp³-hybridized carbons (Fsp3) is 0.258. The van der Waals surface area contributed by atoms with E-state index in [2.05, 4.69) is 0 Å². The first-order valence-corrected chi connectivity index (χ1v) is 14.2. The standard InChI is InChI=1S/C31H22Cl2N2O7/c32-22-10-5-16(12-23(22)33)28(37)34(35-29(38)26-18-8-9-19(21-13-20(18)21)27(26)30(35)39)14-24(36)15-3-6-17(7-4-15)42-31(40)25-2-1-11-41-25/h1-12,18-21,26-27H,13-14H2/t18-,19-,20-,21+,26-,27+/m0/s1. The summed E-state index contributed by atoms with van der Waals surface area (Å²) in [7, 11) is 0. The molecule has 2 aromatic carbocycles. The smallest absolute Gasteiger partial charge is 0.379 e. The second-order valence-corrected chi connectivity index (χ2v) is 11.8. The number of hydrogen-bond acceptors (Lipinski definition) is 7. The number of allylic oxidation sites excluding steroid dienone is 2. The predicted octanol–water partition coefficient (Wildman–Crippen LogP) is 5.10. The zero-order valence-electron chi connectivity index (χ0n) is 21.8. The summed E-state index contributed by atoms with van der Waals surface area (Å²) >= 11 is 12.2. The van der Waals surface area contributed by atoms with Crippen molar-refractivity contribution in [3.05, 3.63) is 99.9 Å². The van der Waals surface area contributed by atoms with E-state index in [4.69, 9.17) is 32.4 Å². The molecule has 5 aliphatic rings. The van der Waals surface area contributed by atoms with Crippen LogP contribution in [0.5, 0.6) is 5.75 Å². The fourth-order valence-corrected chi connectivity index (χ4v) is 6.98. The molecule has 9 nitrogen and oxygen atoms in total. The second kappa shape index (κ2) is 9.96. The van der Waals surface area contributed by atoms with Crippen LogP contribution < -0.4 is 4.74 Å². The molecule has 2 heterocycles. The van der Waals surface area contributed by atoms with Gasteiger partial charge in [-0.3, -0.25) is 19.2 Å². The maximum Gasteiger partial charge on any atom is 0.379 e. The number of ketones is 1. The Hall–Kier alpha value is -4.21. The van der Waals surface area contributed by atoms with Gasteiger partial charge in [0.25, 0.3) is 17.7 Å². The van der Waals surface area contributed by atoms with Crippen LogP contribution in [0, 0.1) is 35.5 Å². The lowest BCUT2D eigenvalue weighted by Crippen LogP contribution is -2.52. The Labute approximate surface area is 249 Å². The summed E-state index contributed by atoms with van der Waals surface area (Å²) in [5.74, 6) is -3.21. The van der Waals surface area contributed by atoms with Crippen molar-refractivity contribution in [2.45, 2.75) is 6.42 Å². The maximum absolute atomic E-state index is 13.8. The van der Waals surface area contributed by atoms with Crippen LogP contribution in [-0.2, 0) is 9.59 Å². The molecule has 0 N–H and O–H groups in total. The lowest BCUT2D eigenvalue weighted by atomic mass is 9.63. The van der Waals surface area contributed by atoms with Crippen molar-refractivity contribution in [1.29, 1.82) is 0 Å². The number of hydrazine groups is 1. The minimum absolute atomic E-state index is 0.0214. The van der Waals surface area contributed by atoms with E-state index in [9.17, 15) is 24.0 Å². The van der Waals surface area contributed by atoms with Gasteiger partial charge in [0.05, 0.1) is 28.1 Å². The second-order valence-electron chi connectivity index (χ2n) is 10.9. The highest BCUT2D eigenvalue weighted by atomic mass is 35.5. The third-order valence-electron chi connectivity index (χ3n) is 8.68. The first-order chi connectivity index (χ1) is 20.2. The molecule has 6 atom stereocenters. The number of rotatable bonds is 7. The zero-order valence-corrected chi connectivity index (χ0v) is 23.3. The van der Waals surface area contributed by atoms with E-state index in [1.165, 1.54) is 54.8 Å². The van der Waals surface area contributed by atoms with E-state index in [1.54, 1.807) is 6.07 Å². The van der Waals surface area contributed by atoms with Crippen molar-refractivity contribution in [2.24, 2.45) is 35.5 Å². The number of furan rings is 1. The number of ether oxygens (including phenoxy) is 1. The molecule has 1 saturated heterocycles. The Kier molecular flexibility index (Phi) is 6.32. The highest BCUT2D eigenvalue weighted by molar-refractivity contribution is 6.42. The number of hydrogen-bond donors (Lipinski definition) is 0. The summed E-state index contributed by atoms with van der Waals surface area (Å²) in [4.78, 5) is 67.2. The Balaban J connectivity index is 1.17. The minimum atomic E-state index is -0.739. The summed E-state index contributed by atoms with van der Waals surface area (Å²) in [6, 6.07) is 12.9. The largest absolute Gasteiger partial charge is 0.457 e. The van der Waals surface area contributed by atoms with Crippen molar-refractivity contribution in [3.63, 3.8) is 0 Å². The van der Waals surface area contributed by atoms with Crippen LogP contribution in [0.3, 0.4) is 0 Å². The molecule has 0 spiro atoms. The van der Waals surface area contributed by atoms with Gasteiger partial charge in [0.1, 0.15) is 12.3 Å². The molecule has 8 rings (SSSR count). The first kappa shape index (κ1) is 26.7. The van der Waals surface area contributed by atoms with Gasteiger partial charge < -0.3 is 9.15 Å². The summed E-state index contributed by atoms with van der Waals surface area (Å²) in [6.45, 7) is -0.586. The van der Waals surface area contributed by atoms with Crippen LogP contribution in [0.2, 0.25) is 10.0 Å². The van der Waals surface area contributed by atoms with Crippen molar-refractivity contribution >= 4 is 52.7 Å². The number of amides is 3. The molecular formula is C31H22Cl2N2O7. The predicted molar refractivity (Wildman–Crippen MR) is 148 cm³/mol. The van der Waals surface area contributed by atoms with Gasteiger partial charge in [0, 0.05) is 11.1 Å². The van der Waals surface area contributed by atoms with E-state index in [-0.39, 0.29) is 44.5 Å². The van der Waals surface area contributed by atoms with Crippen LogP contribution in [0.1, 0.15) is 37.7 Å². The number of carbonyl (C=O) groups is 5. The average Bonchev–Trinajstić information content (AvgIpc) is 3.56. The molecular weight excluding hydrogens is 583 g/mol. The van der Waals surface area contributed by atoms with Crippen molar-refractivity contribution < 1.29 is 33.1 Å². The van der Waals surface area contributed by atoms with Crippen LogP contribution in [0.4, 0.5) is 0 Å². The topological polar surface area (TPSA) is 114 Å². The number of carbonyl (C=O) groups excluding carboxylic acids is 5. The van der Waals surface area contributed by atoms with Crippen LogP contribution in [0.15, 0.2) is 77.4 Å². The Bertz CT molecular complexity index is 1650. The molecule has 2 bridgehead atoms. The van der Waals surface area contributed by atoms with Crippen molar-refractivity contribution in [2.75, 3.05) is 6.54 Å². The SMILES string of the molecule is O=C(CN(C(=O)c1ccc(Cl)c(Cl)c1)N1C(=O)[C@@H]2[C@H]3C=C[C@@H]([C@@H]4C[C@H]34)[C@@H]2C1=O)c1ccc(OC(=O)c2ccco2)cc1. The van der Waals surface area contributed by atoms with Gasteiger partial charge in [-0.15, -0.1) is 0 Å². The Morgan fingerprint density at radius 1 is 0.881 bits per heavy atom. The molecule has 3 aromatic rings. The third-order valence-corrected chi connectivity index (χ3v) is 9.42. The number of nitrogens with zero attached hydrogens (tertiary/aromatic N) is 2. The molecule has 1 aromatic heterocycles. The highest BCUT2D eigenvalue weighted by Gasteiger charge is 2.68. The van der Waals surface area contributed by atoms with Crippen LogP contribution in [-0.4, -0.2) is 46.0 Å². The molecule has 11 heteroatoms. The molecule has 42 heavy (non-hydrogen) atoms. The molecule has 4 aliphatic carbocycles. The molecule has 2 saturated carbocycles. The van der Waals surface area contributed by atoms with Crippen LogP contribution >= 0.6 is 23.2 Å². The van der Waals surface area contributed by atoms with E-state index >= 15 is 0 Å². The van der Waals surface area contributed by atoms with Gasteiger partial charge in [-0.25, -0.2) is 9.80 Å². The van der Waals surface area contributed by atoms with Gasteiger partial charge in [-0.05, 0) is 84.7 Å². The van der Waals surface area contributed by atoms with Gasteiger partial charge in [0.15, 0.2) is 5.78 Å². The van der Waals surface area contributed by atoms with Crippen molar-refractivity contribution in [3.8, 4) is 5.75 Å². The lowest BCUT2D eigenvalue weighted by molar-refractivity contribution is -0.154. The average molecular weight is 605 g/mol. The van der Waals surface area contributed by atoms with E-state index in [1.807, 2.05) is 12.2 Å². The van der Waals surface area contributed by atoms with Gasteiger partial charge >= 0.3 is 5.97 Å². The van der Waals surface area contributed by atoms with Gasteiger partial charge in [0.2, 0.25) is 5.76 Å². The first-order valence-electron chi connectivity index (χ1n) is 13.4. The van der Waals surface area contributed by atoms with Gasteiger partial charge in [-0.1, -0.05) is 35.4 Å². The van der Waals surface area contributed by atoms with Crippen molar-refractivity contribution in [1.82, 2.24) is 10.0 Å². The number of Topliss-reactive ketones (excluding diaryl/α,β-unsaturated/α-hetero) is 1. The molecule has 212 valence electrons. The summed E-state index contributed by atoms with van der Waals surface area (Å²) in [5.41, 5.74) is 0.246. The quantitative estimate of drug-likeness (QED) is 0.121. The highest BCUT2D eigenvalue weighted by Crippen LogP contribution is 2.65. The monoisotopic (exact) mass is 604 g/mol. The summed E-state index contributed by atoms with van der Waals surface area (Å²) in [5, 5.41) is 2.13. The minimum Gasteiger partial charge on any atom is -0.457 e. The number of benzene rings is 2. The van der Waals surface area contributed by atoms with E-state index in [0.717, 1.165) is 16.4 Å². The maximum atomic E-state index is 13.8. The lowest BCUT2D eigenvalue weighted by Gasteiger charge is -2.37. The Morgan fingerprint density at radius 3 is 2.12 bits per heavy atom. The number of esters is 1. The molecule has 3 amide bonds. The molecule has 0 radical (unpaired) electrons. The Morgan fingerprint density at radius 2 is 1.52 bits per heavy atom. The summed E-state index contributed by atoms with van der Waals surface area (Å²) < 4.78 is 10.3. The number of imide groups is 1. The molecule has 3 fully saturated rings. The fourth-order valence-electron chi connectivity index (χ4n) is 6.68. The van der Waals surface area contributed by atoms with E-state index < -0.39 is 47.9 Å². The van der Waals surface area contributed by atoms with Gasteiger partial charge in [-0.2, -0.15) is 5.01 Å². The normalized spacial score (nSPS) is 26.6. The third kappa shape index (κ3) is 4.26.